The Morgan fingerprint density at radius 1 is 1.26 bits per heavy atom. The van der Waals surface area contributed by atoms with Crippen LogP contribution < -0.4 is 5.32 Å². The molecule has 0 amide bonds. The molecule has 0 unspecified atom stereocenters. The summed E-state index contributed by atoms with van der Waals surface area (Å²) in [5.41, 5.74) is -0.207. The molecule has 1 aromatic carbocycles. The van der Waals surface area contributed by atoms with Crippen LogP contribution in [0.5, 0.6) is 0 Å². The maximum absolute atomic E-state index is 12.9. The number of hydrogen-bond acceptors (Lipinski definition) is 2. The number of aromatic nitrogens is 2. The quantitative estimate of drug-likeness (QED) is 0.867. The Balaban J connectivity index is 1.88. The van der Waals surface area contributed by atoms with Crippen molar-refractivity contribution in [2.75, 3.05) is 11.9 Å². The van der Waals surface area contributed by atoms with E-state index in [-0.39, 0.29) is 12.4 Å². The van der Waals surface area contributed by atoms with Crippen LogP contribution in [0.1, 0.15) is 5.56 Å². The van der Waals surface area contributed by atoms with E-state index in [9.17, 15) is 17.6 Å². The maximum Gasteiger partial charge on any atom is 0.419 e. The first-order valence-corrected chi connectivity index (χ1v) is 5.54. The molecule has 1 N–H and O–H groups in total. The first kappa shape index (κ1) is 13.4. The summed E-state index contributed by atoms with van der Waals surface area (Å²) >= 11 is 0. The molecule has 1 aromatic heterocycles. The van der Waals surface area contributed by atoms with Crippen molar-refractivity contribution in [2.45, 2.75) is 12.7 Å². The van der Waals surface area contributed by atoms with Crippen LogP contribution in [-0.2, 0) is 12.7 Å². The molecular weight excluding hydrogens is 262 g/mol. The molecule has 0 saturated heterocycles. The fraction of sp³-hybridized carbons (Fsp3) is 0.250. The minimum atomic E-state index is -4.38. The van der Waals surface area contributed by atoms with Crippen LogP contribution in [0.2, 0.25) is 0 Å². The Labute approximate surface area is 106 Å². The molecule has 0 aliphatic carbocycles. The summed E-state index contributed by atoms with van der Waals surface area (Å²) in [6, 6.07) is 5.85. The molecule has 7 heteroatoms. The largest absolute Gasteiger partial charge is 0.419 e. The van der Waals surface area contributed by atoms with E-state index >= 15 is 0 Å². The zero-order valence-corrected chi connectivity index (χ0v) is 9.78. The lowest BCUT2D eigenvalue weighted by atomic mass is 10.3. The van der Waals surface area contributed by atoms with Gasteiger partial charge < -0.3 is 5.32 Å². The summed E-state index contributed by atoms with van der Waals surface area (Å²) in [6.45, 7) is 0.606. The standard InChI is InChI=1S/C12H11F4N3/c13-10-2-1-3-11(6-10)17-4-5-19-8-9(7-18-19)12(14,15)16/h1-3,6-8,17H,4-5H2. The van der Waals surface area contributed by atoms with Crippen molar-refractivity contribution in [1.29, 1.82) is 0 Å². The summed E-state index contributed by atoms with van der Waals surface area (Å²) in [4.78, 5) is 0. The first-order valence-electron chi connectivity index (χ1n) is 5.54. The second-order valence-corrected chi connectivity index (χ2v) is 3.93. The van der Waals surface area contributed by atoms with Gasteiger partial charge in [-0.15, -0.1) is 0 Å². The molecule has 19 heavy (non-hydrogen) atoms. The number of nitrogens with one attached hydrogen (secondary N) is 1. The van der Waals surface area contributed by atoms with Gasteiger partial charge in [0.25, 0.3) is 0 Å². The minimum Gasteiger partial charge on any atom is -0.383 e. The zero-order valence-electron chi connectivity index (χ0n) is 9.78. The number of alkyl halides is 3. The van der Waals surface area contributed by atoms with Crippen LogP contribution in [0.4, 0.5) is 23.2 Å². The van der Waals surface area contributed by atoms with Crippen LogP contribution in [0.25, 0.3) is 0 Å². The predicted molar refractivity (Wildman–Crippen MR) is 62.1 cm³/mol. The number of anilines is 1. The Morgan fingerprint density at radius 3 is 2.68 bits per heavy atom. The fourth-order valence-corrected chi connectivity index (χ4v) is 1.55. The molecule has 0 aliphatic heterocycles. The molecule has 2 rings (SSSR count). The normalized spacial score (nSPS) is 11.6. The third-order valence-corrected chi connectivity index (χ3v) is 2.46. The highest BCUT2D eigenvalue weighted by Gasteiger charge is 2.32. The summed E-state index contributed by atoms with van der Waals surface area (Å²) in [5.74, 6) is -0.372. The highest BCUT2D eigenvalue weighted by molar-refractivity contribution is 5.42. The van der Waals surface area contributed by atoms with Gasteiger partial charge in [0.05, 0.1) is 18.3 Å². The third-order valence-electron chi connectivity index (χ3n) is 2.46. The van der Waals surface area contributed by atoms with E-state index in [2.05, 4.69) is 10.4 Å². The highest BCUT2D eigenvalue weighted by atomic mass is 19.4. The van der Waals surface area contributed by atoms with E-state index in [1.807, 2.05) is 0 Å². The van der Waals surface area contributed by atoms with Crippen LogP contribution in [0.3, 0.4) is 0 Å². The Bertz CT molecular complexity index is 548. The van der Waals surface area contributed by atoms with E-state index in [0.29, 0.717) is 12.2 Å². The summed E-state index contributed by atoms with van der Waals surface area (Å²) in [7, 11) is 0. The van der Waals surface area contributed by atoms with Gasteiger partial charge in [-0.05, 0) is 18.2 Å². The van der Waals surface area contributed by atoms with E-state index in [1.54, 1.807) is 12.1 Å². The summed E-state index contributed by atoms with van der Waals surface area (Å²) in [5, 5.41) is 6.51. The second kappa shape index (κ2) is 5.29. The Kier molecular flexibility index (Phi) is 3.73. The summed E-state index contributed by atoms with van der Waals surface area (Å²) in [6.07, 6.45) is -2.66. The molecule has 2 aromatic rings. The topological polar surface area (TPSA) is 29.9 Å². The average molecular weight is 273 g/mol. The lowest BCUT2D eigenvalue weighted by molar-refractivity contribution is -0.137. The van der Waals surface area contributed by atoms with Crippen LogP contribution in [-0.4, -0.2) is 16.3 Å². The van der Waals surface area contributed by atoms with E-state index in [0.717, 1.165) is 12.4 Å². The zero-order chi connectivity index (χ0) is 13.9. The van der Waals surface area contributed by atoms with E-state index in [4.69, 9.17) is 0 Å². The van der Waals surface area contributed by atoms with Crippen molar-refractivity contribution in [3.05, 3.63) is 48.0 Å². The van der Waals surface area contributed by atoms with E-state index < -0.39 is 11.7 Å². The Morgan fingerprint density at radius 2 is 2.05 bits per heavy atom. The van der Waals surface area contributed by atoms with Gasteiger partial charge >= 0.3 is 6.18 Å². The van der Waals surface area contributed by atoms with Crippen molar-refractivity contribution < 1.29 is 17.6 Å². The van der Waals surface area contributed by atoms with Gasteiger partial charge in [-0.2, -0.15) is 18.3 Å². The number of halogens is 4. The Hall–Kier alpha value is -2.05. The molecule has 3 nitrogen and oxygen atoms in total. The van der Waals surface area contributed by atoms with Gasteiger partial charge in [-0.1, -0.05) is 6.07 Å². The number of nitrogens with zero attached hydrogens (tertiary/aromatic N) is 2. The number of hydrogen-bond donors (Lipinski definition) is 1. The van der Waals surface area contributed by atoms with Crippen LogP contribution in [0, 0.1) is 5.82 Å². The SMILES string of the molecule is Fc1cccc(NCCn2cc(C(F)(F)F)cn2)c1. The molecule has 0 spiro atoms. The molecule has 102 valence electrons. The van der Waals surface area contributed by atoms with E-state index in [1.165, 1.54) is 16.8 Å². The third kappa shape index (κ3) is 3.70. The number of rotatable bonds is 4. The molecule has 0 aliphatic rings. The van der Waals surface area contributed by atoms with Crippen LogP contribution >= 0.6 is 0 Å². The van der Waals surface area contributed by atoms with Gasteiger partial charge in [0.2, 0.25) is 0 Å². The van der Waals surface area contributed by atoms with Crippen molar-refractivity contribution in [1.82, 2.24) is 9.78 Å². The molecular formula is C12H11F4N3. The smallest absolute Gasteiger partial charge is 0.383 e. The van der Waals surface area contributed by atoms with Gasteiger partial charge in [0.15, 0.2) is 0 Å². The second-order valence-electron chi connectivity index (χ2n) is 3.93. The lowest BCUT2D eigenvalue weighted by Crippen LogP contribution is -2.11. The van der Waals surface area contributed by atoms with Crippen molar-refractivity contribution in [3.8, 4) is 0 Å². The molecule has 0 radical (unpaired) electrons. The molecule has 0 saturated carbocycles. The fourth-order valence-electron chi connectivity index (χ4n) is 1.55. The monoisotopic (exact) mass is 273 g/mol. The average Bonchev–Trinajstić information content (AvgIpc) is 2.77. The number of benzene rings is 1. The maximum atomic E-state index is 12.9. The molecule has 0 atom stereocenters. The van der Waals surface area contributed by atoms with Crippen molar-refractivity contribution >= 4 is 5.69 Å². The van der Waals surface area contributed by atoms with Gasteiger partial charge in [0.1, 0.15) is 5.82 Å². The molecule has 0 fully saturated rings. The predicted octanol–water partition coefficient (Wildman–Crippen LogP) is 3.15. The highest BCUT2D eigenvalue weighted by Crippen LogP contribution is 2.28. The molecule has 0 bridgehead atoms. The van der Waals surface area contributed by atoms with Crippen molar-refractivity contribution in [3.63, 3.8) is 0 Å². The lowest BCUT2D eigenvalue weighted by Gasteiger charge is -2.06. The van der Waals surface area contributed by atoms with Gasteiger partial charge in [-0.3, -0.25) is 4.68 Å². The van der Waals surface area contributed by atoms with Gasteiger partial charge in [0, 0.05) is 18.4 Å². The molecule has 1 heterocycles. The van der Waals surface area contributed by atoms with Gasteiger partial charge in [-0.25, -0.2) is 4.39 Å². The summed E-state index contributed by atoms with van der Waals surface area (Å²) < 4.78 is 51.0. The van der Waals surface area contributed by atoms with Crippen molar-refractivity contribution in [2.24, 2.45) is 0 Å². The first-order chi connectivity index (χ1) is 8.95. The van der Waals surface area contributed by atoms with Crippen LogP contribution in [0.15, 0.2) is 36.7 Å². The minimum absolute atomic E-state index is 0.257.